The Hall–Kier alpha value is -3.79. The molecule has 158 valence electrons. The van der Waals surface area contributed by atoms with E-state index in [1.807, 2.05) is 0 Å². The van der Waals surface area contributed by atoms with E-state index in [2.05, 4.69) is 15.1 Å². The Balaban J connectivity index is 1.68. The molecule has 31 heavy (non-hydrogen) atoms. The Labute approximate surface area is 177 Å². The van der Waals surface area contributed by atoms with Gasteiger partial charge in [-0.05, 0) is 29.8 Å². The van der Waals surface area contributed by atoms with Crippen LogP contribution in [0.15, 0.2) is 75.6 Å². The summed E-state index contributed by atoms with van der Waals surface area (Å²) in [5.41, 5.74) is 0.448. The summed E-state index contributed by atoms with van der Waals surface area (Å²) < 4.78 is 37.1. The second-order valence-electron chi connectivity index (χ2n) is 6.60. The number of sulfone groups is 1. The molecule has 0 aliphatic carbocycles. The van der Waals surface area contributed by atoms with Gasteiger partial charge < -0.3 is 9.47 Å². The predicted octanol–water partition coefficient (Wildman–Crippen LogP) is 2.08. The van der Waals surface area contributed by atoms with Gasteiger partial charge in [-0.25, -0.2) is 23.1 Å². The molecule has 0 amide bonds. The van der Waals surface area contributed by atoms with Crippen molar-refractivity contribution in [3.8, 4) is 11.8 Å². The first-order chi connectivity index (χ1) is 14.9. The third kappa shape index (κ3) is 3.97. The van der Waals surface area contributed by atoms with E-state index in [0.717, 1.165) is 5.56 Å². The molecule has 0 saturated carbocycles. The lowest BCUT2D eigenvalue weighted by Crippen LogP contribution is -2.23. The van der Waals surface area contributed by atoms with Gasteiger partial charge in [0.2, 0.25) is 21.6 Å². The third-order valence-electron chi connectivity index (χ3n) is 4.70. The maximum atomic E-state index is 12.9. The van der Waals surface area contributed by atoms with E-state index < -0.39 is 9.84 Å². The number of methoxy groups -OCH3 is 2. The lowest BCUT2D eigenvalue weighted by molar-refractivity contribution is 0.397. The predicted molar refractivity (Wildman–Crippen MR) is 112 cm³/mol. The summed E-state index contributed by atoms with van der Waals surface area (Å²) in [5, 5.41) is 4.98. The molecule has 0 unspecified atom stereocenters. The topological polar surface area (TPSA) is 113 Å². The van der Waals surface area contributed by atoms with Crippen molar-refractivity contribution in [2.45, 2.75) is 16.3 Å². The van der Waals surface area contributed by atoms with Crippen LogP contribution in [-0.2, 0) is 16.4 Å². The molecule has 10 heteroatoms. The molecule has 0 radical (unpaired) electrons. The fraction of sp³-hybridized carbons (Fsp3) is 0.143. The van der Waals surface area contributed by atoms with Gasteiger partial charge in [0.15, 0.2) is 0 Å². The molecule has 0 spiro atoms. The Morgan fingerprint density at radius 2 is 1.55 bits per heavy atom. The van der Waals surface area contributed by atoms with Crippen molar-refractivity contribution < 1.29 is 17.9 Å². The number of nitrogens with zero attached hydrogens (tertiary/aromatic N) is 4. The van der Waals surface area contributed by atoms with Gasteiger partial charge in [-0.3, -0.25) is 4.79 Å². The van der Waals surface area contributed by atoms with Gasteiger partial charge in [0.25, 0.3) is 5.56 Å². The maximum absolute atomic E-state index is 12.9. The number of fused-ring (bicyclic) bond motifs is 1. The van der Waals surface area contributed by atoms with E-state index in [1.54, 1.807) is 18.3 Å². The molecular weight excluding hydrogens is 420 g/mol. The Morgan fingerprint density at radius 1 is 0.871 bits per heavy atom. The summed E-state index contributed by atoms with van der Waals surface area (Å²) >= 11 is 0. The standard InChI is InChI=1S/C21H18N4O5S/c1-29-19-7-3-14(10-22-19)13-25-21(26)18-6-4-16(9-15(18)11-24-25)31(27,28)17-5-8-20(30-2)23-12-17/h3-12H,13H2,1-2H3. The molecule has 3 aromatic heterocycles. The van der Waals surface area contributed by atoms with Crippen molar-refractivity contribution in [3.63, 3.8) is 0 Å². The molecule has 0 fully saturated rings. The highest BCUT2D eigenvalue weighted by atomic mass is 32.2. The fourth-order valence-corrected chi connectivity index (χ4v) is 4.27. The van der Waals surface area contributed by atoms with Crippen LogP contribution >= 0.6 is 0 Å². The van der Waals surface area contributed by atoms with Crippen LogP contribution in [0.4, 0.5) is 0 Å². The zero-order chi connectivity index (χ0) is 22.0. The lowest BCUT2D eigenvalue weighted by Gasteiger charge is -2.09. The SMILES string of the molecule is COc1ccc(Cn2ncc3cc(S(=O)(=O)c4ccc(OC)nc4)ccc3c2=O)cn1. The molecule has 3 heterocycles. The minimum Gasteiger partial charge on any atom is -0.481 e. The second kappa shape index (κ2) is 8.15. The molecular formula is C21H18N4O5S. The molecule has 4 rings (SSSR count). The molecule has 0 bridgehead atoms. The average Bonchev–Trinajstić information content (AvgIpc) is 2.81. The van der Waals surface area contributed by atoms with E-state index >= 15 is 0 Å². The third-order valence-corrected chi connectivity index (χ3v) is 6.44. The van der Waals surface area contributed by atoms with Crippen molar-refractivity contribution in [1.29, 1.82) is 0 Å². The summed E-state index contributed by atoms with van der Waals surface area (Å²) in [7, 11) is -0.834. The lowest BCUT2D eigenvalue weighted by atomic mass is 10.2. The number of ether oxygens (including phenoxy) is 2. The first kappa shape index (κ1) is 20.5. The van der Waals surface area contributed by atoms with Gasteiger partial charge in [0, 0.05) is 29.9 Å². The van der Waals surface area contributed by atoms with Crippen LogP contribution in [-0.4, -0.2) is 42.4 Å². The van der Waals surface area contributed by atoms with Crippen LogP contribution < -0.4 is 15.0 Å². The van der Waals surface area contributed by atoms with Crippen LogP contribution in [0.5, 0.6) is 11.8 Å². The van der Waals surface area contributed by atoms with E-state index in [-0.39, 0.29) is 21.9 Å². The van der Waals surface area contributed by atoms with Gasteiger partial charge in [0.05, 0.1) is 42.1 Å². The first-order valence-corrected chi connectivity index (χ1v) is 10.6. The van der Waals surface area contributed by atoms with Crippen LogP contribution in [0.3, 0.4) is 0 Å². The van der Waals surface area contributed by atoms with Crippen LogP contribution in [0.2, 0.25) is 0 Å². The summed E-state index contributed by atoms with van der Waals surface area (Å²) in [6.45, 7) is 0.226. The van der Waals surface area contributed by atoms with E-state index in [0.29, 0.717) is 22.5 Å². The zero-order valence-electron chi connectivity index (χ0n) is 16.7. The molecule has 0 N–H and O–H groups in total. The minimum atomic E-state index is -3.81. The molecule has 0 atom stereocenters. The van der Waals surface area contributed by atoms with E-state index in [1.165, 1.54) is 61.6 Å². The normalized spacial score (nSPS) is 11.4. The van der Waals surface area contributed by atoms with Crippen LogP contribution in [0, 0.1) is 0 Å². The summed E-state index contributed by atoms with van der Waals surface area (Å²) in [6.07, 6.45) is 4.31. The smallest absolute Gasteiger partial charge is 0.274 e. The second-order valence-corrected chi connectivity index (χ2v) is 8.55. The van der Waals surface area contributed by atoms with Crippen molar-refractivity contribution in [1.82, 2.24) is 19.7 Å². The van der Waals surface area contributed by atoms with Crippen molar-refractivity contribution in [2.75, 3.05) is 14.2 Å². The monoisotopic (exact) mass is 438 g/mol. The Kier molecular flexibility index (Phi) is 5.38. The summed E-state index contributed by atoms with van der Waals surface area (Å²) in [6, 6.07) is 10.7. The number of pyridine rings is 2. The highest BCUT2D eigenvalue weighted by molar-refractivity contribution is 7.91. The highest BCUT2D eigenvalue weighted by Crippen LogP contribution is 2.24. The average molecular weight is 438 g/mol. The largest absolute Gasteiger partial charge is 0.481 e. The number of rotatable bonds is 6. The number of aromatic nitrogens is 4. The quantitative estimate of drug-likeness (QED) is 0.450. The van der Waals surface area contributed by atoms with E-state index in [9.17, 15) is 13.2 Å². The van der Waals surface area contributed by atoms with Crippen LogP contribution in [0.1, 0.15) is 5.56 Å². The van der Waals surface area contributed by atoms with Gasteiger partial charge in [-0.15, -0.1) is 0 Å². The number of benzene rings is 1. The van der Waals surface area contributed by atoms with Gasteiger partial charge in [-0.1, -0.05) is 6.07 Å². The molecule has 9 nitrogen and oxygen atoms in total. The van der Waals surface area contributed by atoms with Crippen molar-refractivity contribution >= 4 is 20.6 Å². The van der Waals surface area contributed by atoms with Gasteiger partial charge >= 0.3 is 0 Å². The number of hydrogen-bond donors (Lipinski definition) is 0. The minimum absolute atomic E-state index is 0.0287. The molecule has 4 aromatic rings. The molecule has 1 aromatic carbocycles. The maximum Gasteiger partial charge on any atom is 0.274 e. The summed E-state index contributed by atoms with van der Waals surface area (Å²) in [4.78, 5) is 21.0. The molecule has 0 saturated heterocycles. The van der Waals surface area contributed by atoms with Crippen molar-refractivity contribution in [2.24, 2.45) is 0 Å². The molecule has 0 aliphatic rings. The Morgan fingerprint density at radius 3 is 2.16 bits per heavy atom. The van der Waals surface area contributed by atoms with E-state index in [4.69, 9.17) is 9.47 Å². The zero-order valence-corrected chi connectivity index (χ0v) is 17.5. The first-order valence-electron chi connectivity index (χ1n) is 9.16. The van der Waals surface area contributed by atoms with Gasteiger partial charge in [-0.2, -0.15) is 5.10 Å². The number of hydrogen-bond acceptors (Lipinski definition) is 8. The fourth-order valence-electron chi connectivity index (χ4n) is 3.03. The van der Waals surface area contributed by atoms with Crippen LogP contribution in [0.25, 0.3) is 10.8 Å². The van der Waals surface area contributed by atoms with Gasteiger partial charge in [0.1, 0.15) is 0 Å². The molecule has 0 aliphatic heterocycles. The Bertz CT molecular complexity index is 1400. The highest BCUT2D eigenvalue weighted by Gasteiger charge is 2.19. The van der Waals surface area contributed by atoms with Crippen molar-refractivity contribution in [3.05, 3.63) is 77.0 Å². The summed E-state index contributed by atoms with van der Waals surface area (Å²) in [5.74, 6) is 0.789.